The minimum atomic E-state index is -0.116. The van der Waals surface area contributed by atoms with Crippen LogP contribution < -0.4 is 5.56 Å². The number of aromatic nitrogens is 3. The molecule has 0 radical (unpaired) electrons. The minimum Gasteiger partial charge on any atom is -0.343 e. The summed E-state index contributed by atoms with van der Waals surface area (Å²) in [6.07, 6.45) is 6.00. The number of amides is 1. The Bertz CT molecular complexity index is 1040. The molecule has 3 heterocycles. The zero-order chi connectivity index (χ0) is 19.7. The molecule has 6 heteroatoms. The normalized spacial score (nSPS) is 14.3. The zero-order valence-electron chi connectivity index (χ0n) is 16.5. The topological polar surface area (TPSA) is 59.6 Å². The number of nitrogens with zero attached hydrogens (tertiary/aromatic N) is 4. The number of carbonyl (C=O) groups is 1. The van der Waals surface area contributed by atoms with Gasteiger partial charge in [-0.05, 0) is 30.4 Å². The number of rotatable bonds is 5. The van der Waals surface area contributed by atoms with E-state index < -0.39 is 0 Å². The number of hydrogen-bond donors (Lipinski definition) is 0. The monoisotopic (exact) mass is 378 g/mol. The lowest BCUT2D eigenvalue weighted by molar-refractivity contribution is -0.130. The molecule has 6 nitrogen and oxygen atoms in total. The fraction of sp³-hybridized carbons (Fsp3) is 0.409. The summed E-state index contributed by atoms with van der Waals surface area (Å²) in [5, 5.41) is 4.55. The molecule has 4 rings (SSSR count). The van der Waals surface area contributed by atoms with Gasteiger partial charge in [-0.1, -0.05) is 38.1 Å². The Morgan fingerprint density at radius 2 is 1.82 bits per heavy atom. The highest BCUT2D eigenvalue weighted by atomic mass is 16.2. The van der Waals surface area contributed by atoms with Gasteiger partial charge in [0.1, 0.15) is 5.52 Å². The minimum absolute atomic E-state index is 0.116. The van der Waals surface area contributed by atoms with Gasteiger partial charge in [0.15, 0.2) is 0 Å². The number of benzene rings is 1. The van der Waals surface area contributed by atoms with E-state index in [0.29, 0.717) is 24.4 Å². The Kier molecular flexibility index (Phi) is 5.03. The highest BCUT2D eigenvalue weighted by molar-refractivity contribution is 5.76. The molecular weight excluding hydrogens is 352 g/mol. The van der Waals surface area contributed by atoms with E-state index in [2.05, 4.69) is 31.1 Å². The van der Waals surface area contributed by atoms with Crippen LogP contribution in [0.1, 0.15) is 44.6 Å². The SMILES string of the molecule is CC(C)c1ccc(-c2cc3c(=O)n(CCC(=O)N4CCCC4)ccn3n2)cc1. The number of hydrogen-bond acceptors (Lipinski definition) is 3. The van der Waals surface area contributed by atoms with Crippen molar-refractivity contribution in [1.29, 1.82) is 0 Å². The van der Waals surface area contributed by atoms with Gasteiger partial charge in [-0.15, -0.1) is 0 Å². The van der Waals surface area contributed by atoms with Crippen molar-refractivity contribution in [2.24, 2.45) is 0 Å². The van der Waals surface area contributed by atoms with E-state index in [0.717, 1.165) is 37.2 Å². The van der Waals surface area contributed by atoms with Gasteiger partial charge in [0.25, 0.3) is 5.56 Å². The van der Waals surface area contributed by atoms with Crippen molar-refractivity contribution in [3.8, 4) is 11.3 Å². The quantitative estimate of drug-likeness (QED) is 0.684. The van der Waals surface area contributed by atoms with Crippen LogP contribution in [0.3, 0.4) is 0 Å². The van der Waals surface area contributed by atoms with E-state index in [-0.39, 0.29) is 11.5 Å². The van der Waals surface area contributed by atoms with E-state index in [9.17, 15) is 9.59 Å². The lowest BCUT2D eigenvalue weighted by Crippen LogP contribution is -2.30. The van der Waals surface area contributed by atoms with E-state index in [1.807, 2.05) is 23.1 Å². The van der Waals surface area contributed by atoms with Gasteiger partial charge in [0, 0.05) is 44.0 Å². The maximum atomic E-state index is 12.8. The molecule has 0 aliphatic carbocycles. The first kappa shape index (κ1) is 18.5. The lowest BCUT2D eigenvalue weighted by atomic mass is 10.0. The Labute approximate surface area is 164 Å². The van der Waals surface area contributed by atoms with Gasteiger partial charge in [-0.2, -0.15) is 5.10 Å². The second kappa shape index (κ2) is 7.62. The molecule has 1 aliphatic rings. The van der Waals surface area contributed by atoms with Crippen molar-refractivity contribution in [3.63, 3.8) is 0 Å². The Balaban J connectivity index is 1.55. The molecule has 0 atom stereocenters. The van der Waals surface area contributed by atoms with Gasteiger partial charge in [0.05, 0.1) is 5.69 Å². The van der Waals surface area contributed by atoms with Crippen LogP contribution in [0.5, 0.6) is 0 Å². The lowest BCUT2D eigenvalue weighted by Gasteiger charge is -2.15. The van der Waals surface area contributed by atoms with Crippen molar-refractivity contribution in [2.45, 2.75) is 45.6 Å². The van der Waals surface area contributed by atoms with Crippen LogP contribution in [-0.4, -0.2) is 38.1 Å². The number of likely N-dealkylation sites (tertiary alicyclic amines) is 1. The molecule has 1 amide bonds. The summed E-state index contributed by atoms with van der Waals surface area (Å²) in [6, 6.07) is 10.1. The average Bonchev–Trinajstić information content (AvgIpc) is 3.38. The van der Waals surface area contributed by atoms with Crippen molar-refractivity contribution in [1.82, 2.24) is 19.1 Å². The van der Waals surface area contributed by atoms with Crippen molar-refractivity contribution < 1.29 is 4.79 Å². The Hall–Kier alpha value is -2.89. The molecule has 0 unspecified atom stereocenters. The van der Waals surface area contributed by atoms with Crippen LogP contribution in [0.4, 0.5) is 0 Å². The van der Waals surface area contributed by atoms with E-state index in [4.69, 9.17) is 0 Å². The largest absolute Gasteiger partial charge is 0.343 e. The van der Waals surface area contributed by atoms with Gasteiger partial charge in [0.2, 0.25) is 5.91 Å². The molecule has 2 aromatic heterocycles. The molecule has 1 fully saturated rings. The predicted molar refractivity (Wildman–Crippen MR) is 109 cm³/mol. The highest BCUT2D eigenvalue weighted by Gasteiger charge is 2.18. The molecule has 146 valence electrons. The van der Waals surface area contributed by atoms with Crippen LogP contribution >= 0.6 is 0 Å². The van der Waals surface area contributed by atoms with E-state index >= 15 is 0 Å². The molecule has 0 spiro atoms. The van der Waals surface area contributed by atoms with Crippen LogP contribution in [-0.2, 0) is 11.3 Å². The average molecular weight is 378 g/mol. The predicted octanol–water partition coefficient (Wildman–Crippen LogP) is 3.30. The Morgan fingerprint density at radius 1 is 1.11 bits per heavy atom. The molecule has 0 bridgehead atoms. The van der Waals surface area contributed by atoms with Gasteiger partial charge < -0.3 is 9.47 Å². The van der Waals surface area contributed by atoms with E-state index in [1.54, 1.807) is 21.5 Å². The molecule has 1 saturated heterocycles. The number of carbonyl (C=O) groups excluding carboxylic acids is 1. The Morgan fingerprint density at radius 3 is 2.50 bits per heavy atom. The highest BCUT2D eigenvalue weighted by Crippen LogP contribution is 2.22. The third-order valence-electron chi connectivity index (χ3n) is 5.50. The first-order valence-corrected chi connectivity index (χ1v) is 10.00. The zero-order valence-corrected chi connectivity index (χ0v) is 16.5. The smallest absolute Gasteiger partial charge is 0.276 e. The number of fused-ring (bicyclic) bond motifs is 1. The summed E-state index contributed by atoms with van der Waals surface area (Å²) < 4.78 is 3.23. The van der Waals surface area contributed by atoms with Gasteiger partial charge in [-0.3, -0.25) is 9.59 Å². The van der Waals surface area contributed by atoms with Gasteiger partial charge in [-0.25, -0.2) is 4.52 Å². The summed E-state index contributed by atoms with van der Waals surface area (Å²) in [5.41, 5.74) is 3.45. The maximum absolute atomic E-state index is 12.8. The molecule has 0 saturated carbocycles. The fourth-order valence-electron chi connectivity index (χ4n) is 3.72. The standard InChI is InChI=1S/C22H26N4O2/c1-16(2)17-5-7-18(8-6-17)19-15-20-22(28)25(13-14-26(20)23-19)12-9-21(27)24-10-3-4-11-24/h5-8,13-16H,3-4,9-12H2,1-2H3. The van der Waals surface area contributed by atoms with Crippen LogP contribution in [0.15, 0.2) is 47.5 Å². The van der Waals surface area contributed by atoms with Crippen LogP contribution in [0.2, 0.25) is 0 Å². The molecule has 1 aliphatic heterocycles. The van der Waals surface area contributed by atoms with Crippen LogP contribution in [0.25, 0.3) is 16.8 Å². The van der Waals surface area contributed by atoms with E-state index in [1.165, 1.54) is 5.56 Å². The fourth-order valence-corrected chi connectivity index (χ4v) is 3.72. The molecule has 1 aromatic carbocycles. The van der Waals surface area contributed by atoms with Crippen molar-refractivity contribution in [2.75, 3.05) is 13.1 Å². The molecule has 28 heavy (non-hydrogen) atoms. The molecule has 3 aromatic rings. The first-order valence-electron chi connectivity index (χ1n) is 10.00. The van der Waals surface area contributed by atoms with Crippen molar-refractivity contribution in [3.05, 3.63) is 58.6 Å². The third-order valence-corrected chi connectivity index (χ3v) is 5.50. The van der Waals surface area contributed by atoms with Crippen molar-refractivity contribution >= 4 is 11.4 Å². The summed E-state index contributed by atoms with van der Waals surface area (Å²) in [7, 11) is 0. The maximum Gasteiger partial charge on any atom is 0.276 e. The van der Waals surface area contributed by atoms with Gasteiger partial charge >= 0.3 is 0 Å². The summed E-state index contributed by atoms with van der Waals surface area (Å²) in [4.78, 5) is 27.0. The molecule has 0 N–H and O–H groups in total. The number of aryl methyl sites for hydroxylation is 1. The molecular formula is C22H26N4O2. The summed E-state index contributed by atoms with van der Waals surface area (Å²) >= 11 is 0. The van der Waals surface area contributed by atoms with Crippen LogP contribution in [0, 0.1) is 0 Å². The first-order chi connectivity index (χ1) is 13.5. The summed E-state index contributed by atoms with van der Waals surface area (Å²) in [5.74, 6) is 0.606. The summed E-state index contributed by atoms with van der Waals surface area (Å²) in [6.45, 7) is 6.41. The third kappa shape index (κ3) is 3.59. The second-order valence-corrected chi connectivity index (χ2v) is 7.77. The second-order valence-electron chi connectivity index (χ2n) is 7.77.